The Labute approximate surface area is 129 Å². The van der Waals surface area contributed by atoms with Crippen LogP contribution < -0.4 is 0 Å². The van der Waals surface area contributed by atoms with Gasteiger partial charge >= 0.3 is 12.1 Å². The number of amides is 1. The van der Waals surface area contributed by atoms with E-state index in [0.29, 0.717) is 25.8 Å². The van der Waals surface area contributed by atoms with Crippen LogP contribution in [0.2, 0.25) is 0 Å². The number of hydrogen-bond acceptors (Lipinski definition) is 4. The van der Waals surface area contributed by atoms with Crippen LogP contribution in [0.25, 0.3) is 0 Å². The van der Waals surface area contributed by atoms with Crippen molar-refractivity contribution in [3.8, 4) is 0 Å². The summed E-state index contributed by atoms with van der Waals surface area (Å²) in [5.74, 6) is -0.783. The minimum atomic E-state index is -0.407. The fraction of sp³-hybridized carbons (Fsp3) is 0.500. The van der Waals surface area contributed by atoms with E-state index in [1.54, 1.807) is 17.0 Å². The van der Waals surface area contributed by atoms with Gasteiger partial charge < -0.3 is 14.4 Å². The van der Waals surface area contributed by atoms with Crippen molar-refractivity contribution in [2.75, 3.05) is 20.8 Å². The van der Waals surface area contributed by atoms with Crippen molar-refractivity contribution in [2.24, 2.45) is 5.92 Å². The van der Waals surface area contributed by atoms with Crippen molar-refractivity contribution in [2.45, 2.75) is 25.3 Å². The van der Waals surface area contributed by atoms with Crippen LogP contribution in [0.3, 0.4) is 0 Å². The first-order chi connectivity index (χ1) is 10.5. The Bertz CT molecular complexity index is 531. The van der Waals surface area contributed by atoms with Crippen molar-refractivity contribution in [1.29, 1.82) is 0 Å². The van der Waals surface area contributed by atoms with Crippen molar-refractivity contribution in [1.82, 2.24) is 4.90 Å². The van der Waals surface area contributed by atoms with Crippen molar-refractivity contribution < 1.29 is 23.5 Å². The largest absolute Gasteiger partial charge is 0.469 e. The second-order valence-corrected chi connectivity index (χ2v) is 5.39. The Balaban J connectivity index is 2.14. The van der Waals surface area contributed by atoms with Crippen molar-refractivity contribution in [3.05, 3.63) is 35.6 Å². The minimum absolute atomic E-state index is 0.171. The van der Waals surface area contributed by atoms with Gasteiger partial charge in [-0.25, -0.2) is 9.18 Å². The minimum Gasteiger partial charge on any atom is -0.469 e. The first-order valence-corrected chi connectivity index (χ1v) is 7.22. The van der Waals surface area contributed by atoms with Crippen LogP contribution in [0.15, 0.2) is 24.3 Å². The van der Waals surface area contributed by atoms with Gasteiger partial charge in [0.2, 0.25) is 0 Å². The van der Waals surface area contributed by atoms with Crippen LogP contribution in [-0.4, -0.2) is 43.8 Å². The molecule has 1 aromatic rings. The number of carbonyl (C=O) groups excluding carboxylic acids is 2. The van der Waals surface area contributed by atoms with Gasteiger partial charge in [-0.3, -0.25) is 4.79 Å². The molecule has 0 bridgehead atoms. The van der Waals surface area contributed by atoms with Gasteiger partial charge in [0.25, 0.3) is 0 Å². The highest BCUT2D eigenvalue weighted by Crippen LogP contribution is 2.27. The lowest BCUT2D eigenvalue weighted by Crippen LogP contribution is -2.48. The molecule has 0 aromatic heterocycles. The molecule has 2 rings (SSSR count). The first kappa shape index (κ1) is 16.3. The lowest BCUT2D eigenvalue weighted by atomic mass is 9.88. The molecule has 1 aliphatic rings. The standard InChI is InChI=1S/C16H20FNO4/c1-21-15(19)12-7-8-18(16(20)22-2)14(10-12)9-11-3-5-13(17)6-4-11/h3-6,12,14H,7-10H2,1-2H3. The fourth-order valence-electron chi connectivity index (χ4n) is 2.88. The summed E-state index contributed by atoms with van der Waals surface area (Å²) in [7, 11) is 2.70. The summed E-state index contributed by atoms with van der Waals surface area (Å²) in [5.41, 5.74) is 0.908. The third kappa shape index (κ3) is 3.75. The normalized spacial score (nSPS) is 21.3. The molecule has 6 heteroatoms. The molecule has 22 heavy (non-hydrogen) atoms. The molecule has 0 radical (unpaired) electrons. The van der Waals surface area contributed by atoms with Crippen molar-refractivity contribution >= 4 is 12.1 Å². The Hall–Kier alpha value is -2.11. The van der Waals surface area contributed by atoms with Gasteiger partial charge in [0, 0.05) is 12.6 Å². The highest BCUT2D eigenvalue weighted by atomic mass is 19.1. The number of carbonyl (C=O) groups is 2. The molecule has 1 aromatic carbocycles. The molecule has 0 N–H and O–H groups in total. The Morgan fingerprint density at radius 1 is 1.23 bits per heavy atom. The van der Waals surface area contributed by atoms with Gasteiger partial charge in [-0.05, 0) is 37.0 Å². The number of nitrogens with zero attached hydrogens (tertiary/aromatic N) is 1. The molecule has 0 saturated carbocycles. The lowest BCUT2D eigenvalue weighted by Gasteiger charge is -2.37. The summed E-state index contributed by atoms with van der Waals surface area (Å²) in [4.78, 5) is 25.3. The molecular formula is C16H20FNO4. The number of likely N-dealkylation sites (tertiary alicyclic amines) is 1. The van der Waals surface area contributed by atoms with E-state index >= 15 is 0 Å². The molecule has 2 unspecified atom stereocenters. The summed E-state index contributed by atoms with van der Waals surface area (Å²) in [6, 6.07) is 5.98. The van der Waals surface area contributed by atoms with E-state index < -0.39 is 6.09 Å². The quantitative estimate of drug-likeness (QED) is 0.805. The van der Waals surface area contributed by atoms with E-state index in [9.17, 15) is 14.0 Å². The summed E-state index contributed by atoms with van der Waals surface area (Å²) < 4.78 is 22.6. The summed E-state index contributed by atoms with van der Waals surface area (Å²) >= 11 is 0. The number of benzene rings is 1. The molecule has 1 heterocycles. The Morgan fingerprint density at radius 3 is 2.50 bits per heavy atom. The average Bonchev–Trinajstić information content (AvgIpc) is 2.55. The Kier molecular flexibility index (Phi) is 5.35. The number of methoxy groups -OCH3 is 2. The fourth-order valence-corrected chi connectivity index (χ4v) is 2.88. The summed E-state index contributed by atoms with van der Waals surface area (Å²) in [6.07, 6.45) is 1.21. The van der Waals surface area contributed by atoms with Gasteiger partial charge in [-0.15, -0.1) is 0 Å². The number of esters is 1. The molecule has 1 aliphatic heterocycles. The monoisotopic (exact) mass is 309 g/mol. The molecule has 1 saturated heterocycles. The smallest absolute Gasteiger partial charge is 0.409 e. The van der Waals surface area contributed by atoms with Crippen LogP contribution >= 0.6 is 0 Å². The summed E-state index contributed by atoms with van der Waals surface area (Å²) in [6.45, 7) is 0.443. The van der Waals surface area contributed by atoms with E-state index in [1.165, 1.54) is 26.4 Å². The highest BCUT2D eigenvalue weighted by Gasteiger charge is 2.35. The molecule has 0 aliphatic carbocycles. The number of piperidine rings is 1. The van der Waals surface area contributed by atoms with Gasteiger partial charge in [0.05, 0.1) is 20.1 Å². The zero-order valence-corrected chi connectivity index (χ0v) is 12.8. The molecule has 0 spiro atoms. The maximum absolute atomic E-state index is 13.0. The van der Waals surface area contributed by atoms with Gasteiger partial charge in [0.1, 0.15) is 5.82 Å². The van der Waals surface area contributed by atoms with E-state index in [0.717, 1.165) is 5.56 Å². The molecule has 2 atom stereocenters. The van der Waals surface area contributed by atoms with Gasteiger partial charge in [-0.2, -0.15) is 0 Å². The molecule has 1 fully saturated rings. The van der Waals surface area contributed by atoms with Crippen LogP contribution in [0.1, 0.15) is 18.4 Å². The van der Waals surface area contributed by atoms with E-state index in [1.807, 2.05) is 0 Å². The highest BCUT2D eigenvalue weighted by molar-refractivity contribution is 5.73. The number of hydrogen-bond donors (Lipinski definition) is 0. The van der Waals surface area contributed by atoms with E-state index in [-0.39, 0.29) is 23.7 Å². The van der Waals surface area contributed by atoms with Crippen molar-refractivity contribution in [3.63, 3.8) is 0 Å². The SMILES string of the molecule is COC(=O)C1CCN(C(=O)OC)C(Cc2ccc(F)cc2)C1. The maximum Gasteiger partial charge on any atom is 0.409 e. The van der Waals surface area contributed by atoms with E-state index in [4.69, 9.17) is 9.47 Å². The third-order valence-corrected chi connectivity index (χ3v) is 4.04. The molecule has 5 nitrogen and oxygen atoms in total. The first-order valence-electron chi connectivity index (χ1n) is 7.22. The Morgan fingerprint density at radius 2 is 1.91 bits per heavy atom. The average molecular weight is 309 g/mol. The molecule has 1 amide bonds. The number of halogens is 1. The van der Waals surface area contributed by atoms with Crippen LogP contribution in [0.4, 0.5) is 9.18 Å². The number of rotatable bonds is 3. The van der Waals surface area contributed by atoms with Crippen LogP contribution in [-0.2, 0) is 20.7 Å². The molecular weight excluding hydrogens is 289 g/mol. The maximum atomic E-state index is 13.0. The summed E-state index contributed by atoms with van der Waals surface area (Å²) in [5, 5.41) is 0. The number of ether oxygens (including phenoxy) is 2. The second-order valence-electron chi connectivity index (χ2n) is 5.39. The van der Waals surface area contributed by atoms with Gasteiger partial charge in [-0.1, -0.05) is 12.1 Å². The predicted octanol–water partition coefficient (Wildman–Crippen LogP) is 2.39. The second kappa shape index (κ2) is 7.24. The predicted molar refractivity (Wildman–Crippen MR) is 77.7 cm³/mol. The zero-order chi connectivity index (χ0) is 16.1. The van der Waals surface area contributed by atoms with Crippen LogP contribution in [0.5, 0.6) is 0 Å². The van der Waals surface area contributed by atoms with Gasteiger partial charge in [0.15, 0.2) is 0 Å². The van der Waals surface area contributed by atoms with Crippen LogP contribution in [0, 0.1) is 11.7 Å². The zero-order valence-electron chi connectivity index (χ0n) is 12.8. The topological polar surface area (TPSA) is 55.8 Å². The molecule has 120 valence electrons. The van der Waals surface area contributed by atoms with E-state index in [2.05, 4.69) is 0 Å². The lowest BCUT2D eigenvalue weighted by molar-refractivity contribution is -0.147. The third-order valence-electron chi connectivity index (χ3n) is 4.04.